The maximum Gasteiger partial charge on any atom is 0.522 e. The van der Waals surface area contributed by atoms with Crippen molar-refractivity contribution in [2.45, 2.75) is 37.1 Å². The second kappa shape index (κ2) is 8.37. The number of carbonyl (C=O) groups excluding carboxylic acids is 1. The van der Waals surface area contributed by atoms with E-state index in [1.54, 1.807) is 18.3 Å². The molecular weight excluding hydrogens is 413 g/mol. The van der Waals surface area contributed by atoms with E-state index in [-0.39, 0.29) is 35.5 Å². The van der Waals surface area contributed by atoms with Crippen LogP contribution in [0.15, 0.2) is 42.6 Å². The van der Waals surface area contributed by atoms with E-state index in [9.17, 15) is 18.0 Å². The van der Waals surface area contributed by atoms with Gasteiger partial charge in [-0.25, -0.2) is 0 Å². The van der Waals surface area contributed by atoms with Gasteiger partial charge in [0, 0.05) is 35.5 Å². The zero-order valence-corrected chi connectivity index (χ0v) is 17.0. The molecule has 1 aromatic carbocycles. The first-order valence-corrected chi connectivity index (χ1v) is 10.1. The molecule has 2 aliphatic heterocycles. The van der Waals surface area contributed by atoms with Crippen LogP contribution in [0, 0.1) is 0 Å². The molecule has 2 saturated heterocycles. The molecule has 9 heteroatoms. The second-order valence-electron chi connectivity index (χ2n) is 7.81. The van der Waals surface area contributed by atoms with Gasteiger partial charge in [-0.15, -0.1) is 13.2 Å². The topological polar surface area (TPSA) is 60.9 Å². The van der Waals surface area contributed by atoms with Gasteiger partial charge in [-0.2, -0.15) is 0 Å². The summed E-state index contributed by atoms with van der Waals surface area (Å²) in [7, 11) is 1.41. The van der Waals surface area contributed by atoms with Gasteiger partial charge >= 0.3 is 6.36 Å². The fourth-order valence-electron chi connectivity index (χ4n) is 4.46. The van der Waals surface area contributed by atoms with Crippen LogP contribution in [0.5, 0.6) is 11.5 Å². The Bertz CT molecular complexity index is 925. The van der Waals surface area contributed by atoms with E-state index in [2.05, 4.69) is 15.8 Å². The number of aromatic nitrogens is 1. The second-order valence-corrected chi connectivity index (χ2v) is 7.81. The molecule has 1 aliphatic carbocycles. The van der Waals surface area contributed by atoms with E-state index in [1.807, 2.05) is 17.0 Å². The number of pyridine rings is 1. The van der Waals surface area contributed by atoms with Crippen molar-refractivity contribution < 1.29 is 32.2 Å². The number of benzene rings is 1. The van der Waals surface area contributed by atoms with Crippen LogP contribution >= 0.6 is 0 Å². The summed E-state index contributed by atoms with van der Waals surface area (Å²) in [6, 6.07) is 10.8. The minimum Gasteiger partial charge on any atom is -0.493 e. The molecule has 6 nitrogen and oxygen atoms in total. The Kier molecular flexibility index (Phi) is 5.79. The summed E-state index contributed by atoms with van der Waals surface area (Å²) in [6.45, 7) is -0.288. The minimum absolute atomic E-state index is 0.0661. The van der Waals surface area contributed by atoms with Gasteiger partial charge in [0.25, 0.3) is 5.91 Å². The van der Waals surface area contributed by atoms with Crippen molar-refractivity contribution in [2.75, 3.05) is 26.9 Å². The number of ether oxygens (including phenoxy) is 3. The van der Waals surface area contributed by atoms with E-state index in [0.29, 0.717) is 12.1 Å². The van der Waals surface area contributed by atoms with Crippen LogP contribution in [0.3, 0.4) is 0 Å². The Morgan fingerprint density at radius 1 is 1.19 bits per heavy atom. The van der Waals surface area contributed by atoms with E-state index >= 15 is 0 Å². The third-order valence-electron chi connectivity index (χ3n) is 6.01. The van der Waals surface area contributed by atoms with Gasteiger partial charge in [-0.1, -0.05) is 6.07 Å². The molecule has 1 amide bonds. The molecule has 5 rings (SSSR count). The Balaban J connectivity index is 1.38. The van der Waals surface area contributed by atoms with Crippen LogP contribution < -0.4 is 9.47 Å². The molecule has 31 heavy (non-hydrogen) atoms. The predicted molar refractivity (Wildman–Crippen MR) is 105 cm³/mol. The van der Waals surface area contributed by atoms with Crippen molar-refractivity contribution >= 4 is 5.91 Å². The lowest BCUT2D eigenvalue weighted by Gasteiger charge is -2.57. The molecule has 1 aromatic heterocycles. The highest BCUT2D eigenvalue weighted by atomic mass is 19.4. The zero-order valence-electron chi connectivity index (χ0n) is 17.0. The zero-order chi connectivity index (χ0) is 22.1. The van der Waals surface area contributed by atoms with E-state index in [1.165, 1.54) is 13.2 Å². The molecule has 166 valence electrons. The van der Waals surface area contributed by atoms with Crippen LogP contribution in [0.4, 0.5) is 13.2 Å². The molecule has 0 spiro atoms. The molecule has 3 aliphatic rings. The normalized spacial score (nSPS) is 22.6. The summed E-state index contributed by atoms with van der Waals surface area (Å²) in [5.74, 6) is 0.442. The van der Waals surface area contributed by atoms with Gasteiger partial charge < -0.3 is 14.4 Å². The van der Waals surface area contributed by atoms with E-state index < -0.39 is 13.0 Å². The lowest BCUT2D eigenvalue weighted by molar-refractivity contribution is -0.325. The monoisotopic (exact) mass is 436 g/mol. The Morgan fingerprint density at radius 2 is 2.00 bits per heavy atom. The van der Waals surface area contributed by atoms with Gasteiger partial charge in [-0.3, -0.25) is 14.5 Å². The number of methoxy groups -OCH3 is 1. The van der Waals surface area contributed by atoms with Crippen LogP contribution in [-0.2, 0) is 10.2 Å². The number of hydrogen-bond donors (Lipinski definition) is 0. The Hall–Kier alpha value is -2.81. The van der Waals surface area contributed by atoms with Crippen LogP contribution in [-0.4, -0.2) is 55.1 Å². The van der Waals surface area contributed by atoms with Crippen LogP contribution in [0.25, 0.3) is 0 Å². The third kappa shape index (κ3) is 4.46. The summed E-state index contributed by atoms with van der Waals surface area (Å²) in [5.41, 5.74) is 1.61. The minimum atomic E-state index is -4.70. The highest BCUT2D eigenvalue weighted by Gasteiger charge is 2.53. The fraction of sp³-hybridized carbons (Fsp3) is 0.455. The molecule has 3 fully saturated rings. The van der Waals surface area contributed by atoms with Crippen molar-refractivity contribution in [3.8, 4) is 11.5 Å². The average molecular weight is 436 g/mol. The van der Waals surface area contributed by atoms with E-state index in [4.69, 9.17) is 9.47 Å². The smallest absolute Gasteiger partial charge is 0.493 e. The number of rotatable bonds is 7. The SMILES string of the molecule is COc1cc(C(=O)N2CCC3(c4ccccn4)CC2C3)ccc1OCCOC(F)(F)F. The Labute approximate surface area is 177 Å². The number of piperidine rings is 2. The van der Waals surface area contributed by atoms with Gasteiger partial charge in [0.05, 0.1) is 13.7 Å². The quantitative estimate of drug-likeness (QED) is 0.615. The number of fused-ring (bicyclic) bond motifs is 2. The maximum absolute atomic E-state index is 13.1. The fourth-order valence-corrected chi connectivity index (χ4v) is 4.46. The molecule has 1 saturated carbocycles. The highest BCUT2D eigenvalue weighted by Crippen LogP contribution is 2.52. The van der Waals surface area contributed by atoms with Crippen LogP contribution in [0.1, 0.15) is 35.3 Å². The van der Waals surface area contributed by atoms with Crippen molar-refractivity contribution in [2.24, 2.45) is 0 Å². The van der Waals surface area contributed by atoms with Gasteiger partial charge in [-0.05, 0) is 49.6 Å². The Morgan fingerprint density at radius 3 is 2.61 bits per heavy atom. The van der Waals surface area contributed by atoms with Gasteiger partial charge in [0.15, 0.2) is 11.5 Å². The summed E-state index contributed by atoms with van der Waals surface area (Å²) in [5, 5.41) is 0. The number of carbonyl (C=O) groups is 1. The van der Waals surface area contributed by atoms with E-state index in [0.717, 1.165) is 25.0 Å². The van der Waals surface area contributed by atoms with Crippen molar-refractivity contribution in [1.82, 2.24) is 9.88 Å². The lowest BCUT2D eigenvalue weighted by Crippen LogP contribution is -2.61. The summed E-state index contributed by atoms with van der Waals surface area (Å²) in [4.78, 5) is 19.5. The molecule has 0 unspecified atom stereocenters. The molecule has 3 heterocycles. The van der Waals surface area contributed by atoms with Crippen molar-refractivity contribution in [1.29, 1.82) is 0 Å². The number of hydrogen-bond acceptors (Lipinski definition) is 5. The first kappa shape index (κ1) is 21.4. The van der Waals surface area contributed by atoms with Crippen LogP contribution in [0.2, 0.25) is 0 Å². The molecule has 2 bridgehead atoms. The predicted octanol–water partition coefficient (Wildman–Crippen LogP) is 3.95. The molecule has 0 N–H and O–H groups in total. The molecule has 0 atom stereocenters. The summed E-state index contributed by atoms with van der Waals surface area (Å²) in [6.07, 6.45) is -0.238. The van der Waals surface area contributed by atoms with Gasteiger partial charge in [0.2, 0.25) is 0 Å². The average Bonchev–Trinajstić information content (AvgIpc) is 2.75. The lowest BCUT2D eigenvalue weighted by atomic mass is 9.58. The maximum atomic E-state index is 13.1. The number of alkyl halides is 3. The van der Waals surface area contributed by atoms with Crippen molar-refractivity contribution in [3.63, 3.8) is 0 Å². The first-order chi connectivity index (χ1) is 14.8. The number of halogens is 3. The number of nitrogens with zero attached hydrogens (tertiary/aromatic N) is 2. The molecule has 0 radical (unpaired) electrons. The summed E-state index contributed by atoms with van der Waals surface area (Å²) >= 11 is 0. The highest BCUT2D eigenvalue weighted by molar-refractivity contribution is 5.95. The van der Waals surface area contributed by atoms with Crippen molar-refractivity contribution in [3.05, 3.63) is 53.9 Å². The standard InChI is InChI=1S/C22H23F3N2O4/c1-29-18-12-15(5-6-17(18)30-10-11-31-22(23,24)25)20(28)27-9-7-21(13-16(27)14-21)19-4-2-3-8-26-19/h2-6,8,12,16H,7,9-11,13-14H2,1H3. The molecule has 2 aromatic rings. The number of amides is 1. The first-order valence-electron chi connectivity index (χ1n) is 10.1. The third-order valence-corrected chi connectivity index (χ3v) is 6.01. The summed E-state index contributed by atoms with van der Waals surface area (Å²) < 4.78 is 50.4. The molecular formula is C22H23F3N2O4. The largest absolute Gasteiger partial charge is 0.522 e. The van der Waals surface area contributed by atoms with Gasteiger partial charge in [0.1, 0.15) is 6.61 Å².